The molecule has 0 aromatic heterocycles. The van der Waals surface area contributed by atoms with E-state index >= 15 is 0 Å². The second-order valence-corrected chi connectivity index (χ2v) is 4.87. The van der Waals surface area contributed by atoms with Gasteiger partial charge in [-0.25, -0.2) is 10.3 Å². The second kappa shape index (κ2) is 8.55. The van der Waals surface area contributed by atoms with Gasteiger partial charge in [0.2, 0.25) is 0 Å². The van der Waals surface area contributed by atoms with E-state index < -0.39 is 12.0 Å². The van der Waals surface area contributed by atoms with Crippen LogP contribution >= 0.6 is 0 Å². The molecule has 0 unspecified atom stereocenters. The first-order valence-electron chi connectivity index (χ1n) is 7.21. The molecule has 23 heavy (non-hydrogen) atoms. The molecule has 0 aliphatic carbocycles. The van der Waals surface area contributed by atoms with E-state index in [2.05, 4.69) is 5.32 Å². The maximum absolute atomic E-state index is 11.6. The Hall–Kier alpha value is -2.86. The number of carbonyl (C=O) groups excluding carboxylic acids is 2. The highest BCUT2D eigenvalue weighted by atomic mass is 16.5. The lowest BCUT2D eigenvalue weighted by molar-refractivity contribution is 0.0706. The predicted octanol–water partition coefficient (Wildman–Crippen LogP) is 2.99. The lowest BCUT2D eigenvalue weighted by Gasteiger charge is -2.07. The van der Waals surface area contributed by atoms with Gasteiger partial charge in [0.05, 0.1) is 6.61 Å². The summed E-state index contributed by atoms with van der Waals surface area (Å²) >= 11 is 0. The smallest absolute Gasteiger partial charge is 0.411 e. The fourth-order valence-corrected chi connectivity index (χ4v) is 2.01. The van der Waals surface area contributed by atoms with Crippen LogP contribution in [0.25, 0.3) is 0 Å². The molecule has 0 aliphatic heterocycles. The van der Waals surface area contributed by atoms with Gasteiger partial charge in [-0.2, -0.15) is 0 Å². The van der Waals surface area contributed by atoms with Crippen molar-refractivity contribution in [2.75, 3.05) is 11.9 Å². The number of aryl methyl sites for hydroxylation is 1. The standard InChI is InChI=1S/C17H18N2O4/c20-16(19-22)14-8-10-15(11-9-14)18-17(21)23-12-4-7-13-5-2-1-3-6-13/h1-3,5-6,8-11,22H,4,7,12H2,(H,18,21)(H,19,20). The summed E-state index contributed by atoms with van der Waals surface area (Å²) in [5.41, 5.74) is 3.53. The molecule has 2 aromatic rings. The lowest BCUT2D eigenvalue weighted by atomic mass is 10.1. The summed E-state index contributed by atoms with van der Waals surface area (Å²) in [5, 5.41) is 11.1. The first kappa shape index (κ1) is 16.5. The molecule has 0 spiro atoms. The summed E-state index contributed by atoms with van der Waals surface area (Å²) in [7, 11) is 0. The fourth-order valence-electron chi connectivity index (χ4n) is 2.01. The van der Waals surface area contributed by atoms with E-state index in [1.165, 1.54) is 23.2 Å². The Kier molecular flexibility index (Phi) is 6.14. The number of anilines is 1. The molecule has 0 saturated carbocycles. The maximum atomic E-state index is 11.6. The van der Waals surface area contributed by atoms with Crippen LogP contribution in [-0.4, -0.2) is 23.8 Å². The first-order valence-corrected chi connectivity index (χ1v) is 7.21. The van der Waals surface area contributed by atoms with Crippen LogP contribution in [0.5, 0.6) is 0 Å². The minimum absolute atomic E-state index is 0.286. The third-order valence-corrected chi connectivity index (χ3v) is 3.18. The van der Waals surface area contributed by atoms with E-state index in [9.17, 15) is 9.59 Å². The van der Waals surface area contributed by atoms with Gasteiger partial charge >= 0.3 is 6.09 Å². The summed E-state index contributed by atoms with van der Waals surface area (Å²) in [6.45, 7) is 0.325. The third kappa shape index (κ3) is 5.44. The summed E-state index contributed by atoms with van der Waals surface area (Å²) in [6.07, 6.45) is 1.05. The van der Waals surface area contributed by atoms with Crippen molar-refractivity contribution in [3.8, 4) is 0 Å². The summed E-state index contributed by atoms with van der Waals surface area (Å²) in [5.74, 6) is -0.611. The van der Waals surface area contributed by atoms with E-state index in [1.54, 1.807) is 12.1 Å². The lowest BCUT2D eigenvalue weighted by Crippen LogP contribution is -2.18. The van der Waals surface area contributed by atoms with Crippen molar-refractivity contribution in [3.05, 3.63) is 65.7 Å². The average Bonchev–Trinajstić information content (AvgIpc) is 2.59. The SMILES string of the molecule is O=C(Nc1ccc(C(=O)NO)cc1)OCCCc1ccccc1. The molecule has 0 bridgehead atoms. The summed E-state index contributed by atoms with van der Waals surface area (Å²) < 4.78 is 5.10. The van der Waals surface area contributed by atoms with Gasteiger partial charge in [-0.1, -0.05) is 30.3 Å². The zero-order valence-corrected chi connectivity index (χ0v) is 12.5. The van der Waals surface area contributed by atoms with Gasteiger partial charge in [0.25, 0.3) is 5.91 Å². The van der Waals surface area contributed by atoms with Crippen LogP contribution in [-0.2, 0) is 11.2 Å². The Morgan fingerprint density at radius 3 is 2.35 bits per heavy atom. The van der Waals surface area contributed by atoms with Crippen LogP contribution in [0.15, 0.2) is 54.6 Å². The molecule has 0 fully saturated rings. The maximum Gasteiger partial charge on any atom is 0.411 e. The van der Waals surface area contributed by atoms with Crippen LogP contribution in [0.2, 0.25) is 0 Å². The van der Waals surface area contributed by atoms with Crippen molar-refractivity contribution >= 4 is 17.7 Å². The van der Waals surface area contributed by atoms with Crippen molar-refractivity contribution < 1.29 is 19.5 Å². The van der Waals surface area contributed by atoms with Gasteiger partial charge in [0, 0.05) is 11.3 Å². The second-order valence-electron chi connectivity index (χ2n) is 4.87. The van der Waals surface area contributed by atoms with Crippen LogP contribution in [0.1, 0.15) is 22.3 Å². The number of hydrogen-bond donors (Lipinski definition) is 3. The molecular weight excluding hydrogens is 296 g/mol. The van der Waals surface area contributed by atoms with Crippen molar-refractivity contribution in [1.29, 1.82) is 0 Å². The quantitative estimate of drug-likeness (QED) is 0.434. The highest BCUT2D eigenvalue weighted by molar-refractivity contribution is 5.94. The number of carbonyl (C=O) groups is 2. The molecule has 120 valence electrons. The zero-order valence-electron chi connectivity index (χ0n) is 12.5. The van der Waals surface area contributed by atoms with Gasteiger partial charge in [-0.15, -0.1) is 0 Å². The van der Waals surface area contributed by atoms with Gasteiger partial charge in [0.15, 0.2) is 0 Å². The third-order valence-electron chi connectivity index (χ3n) is 3.18. The van der Waals surface area contributed by atoms with Crippen LogP contribution in [0.3, 0.4) is 0 Å². The molecule has 2 amide bonds. The van der Waals surface area contributed by atoms with Gasteiger partial charge in [-0.05, 0) is 42.7 Å². The Balaban J connectivity index is 1.71. The number of ether oxygens (including phenoxy) is 1. The van der Waals surface area contributed by atoms with E-state index in [4.69, 9.17) is 9.94 Å². The number of rotatable bonds is 6. The molecule has 0 atom stereocenters. The molecule has 2 aromatic carbocycles. The molecule has 2 rings (SSSR count). The molecule has 0 aliphatic rings. The largest absolute Gasteiger partial charge is 0.449 e. The van der Waals surface area contributed by atoms with E-state index in [-0.39, 0.29) is 5.56 Å². The van der Waals surface area contributed by atoms with Crippen LogP contribution in [0, 0.1) is 0 Å². The monoisotopic (exact) mass is 314 g/mol. The van der Waals surface area contributed by atoms with Crippen LogP contribution in [0.4, 0.5) is 10.5 Å². The molecule has 3 N–H and O–H groups in total. The number of hydroxylamine groups is 1. The zero-order chi connectivity index (χ0) is 16.5. The molecular formula is C17H18N2O4. The molecule has 6 nitrogen and oxygen atoms in total. The summed E-state index contributed by atoms with van der Waals surface area (Å²) in [6, 6.07) is 16.0. The van der Waals surface area contributed by atoms with Crippen LogP contribution < -0.4 is 10.8 Å². The number of amides is 2. The molecule has 0 saturated heterocycles. The minimum atomic E-state index is -0.611. The van der Waals surface area contributed by atoms with Gasteiger partial charge in [0.1, 0.15) is 0 Å². The Morgan fingerprint density at radius 2 is 1.70 bits per heavy atom. The van der Waals surface area contributed by atoms with Gasteiger partial charge < -0.3 is 4.74 Å². The van der Waals surface area contributed by atoms with Gasteiger partial charge in [-0.3, -0.25) is 15.3 Å². The fraction of sp³-hybridized carbons (Fsp3) is 0.176. The topological polar surface area (TPSA) is 87.7 Å². The van der Waals surface area contributed by atoms with E-state index in [1.807, 2.05) is 30.3 Å². The Morgan fingerprint density at radius 1 is 1.00 bits per heavy atom. The normalized spacial score (nSPS) is 9.96. The first-order chi connectivity index (χ1) is 11.2. The Bertz CT molecular complexity index is 641. The Labute approximate surface area is 134 Å². The molecule has 0 heterocycles. The number of benzene rings is 2. The van der Waals surface area contributed by atoms with E-state index in [0.29, 0.717) is 12.3 Å². The molecule has 0 radical (unpaired) electrons. The number of hydrogen-bond acceptors (Lipinski definition) is 4. The van der Waals surface area contributed by atoms with Crippen molar-refractivity contribution in [3.63, 3.8) is 0 Å². The van der Waals surface area contributed by atoms with Crippen molar-refractivity contribution in [2.45, 2.75) is 12.8 Å². The predicted molar refractivity (Wildman–Crippen MR) is 85.4 cm³/mol. The highest BCUT2D eigenvalue weighted by Crippen LogP contribution is 2.10. The average molecular weight is 314 g/mol. The highest BCUT2D eigenvalue weighted by Gasteiger charge is 2.06. The van der Waals surface area contributed by atoms with E-state index in [0.717, 1.165) is 12.8 Å². The minimum Gasteiger partial charge on any atom is -0.449 e. The number of nitrogens with one attached hydrogen (secondary N) is 2. The van der Waals surface area contributed by atoms with Crippen molar-refractivity contribution in [2.24, 2.45) is 0 Å². The summed E-state index contributed by atoms with van der Waals surface area (Å²) in [4.78, 5) is 22.8. The molecule has 6 heteroatoms. The van der Waals surface area contributed by atoms with Crippen molar-refractivity contribution in [1.82, 2.24) is 5.48 Å².